The minimum Gasteiger partial charge on any atom is -0.467 e. The number of hydrogen-bond acceptors (Lipinski definition) is 3. The number of halogens is 1. The maximum Gasteiger partial charge on any atom is 0.331 e. The molecule has 0 spiro atoms. The van der Waals surface area contributed by atoms with Crippen LogP contribution in [0, 0.1) is 11.7 Å². The molecule has 0 aliphatic heterocycles. The molecule has 1 aromatic carbocycles. The number of aromatic nitrogens is 1. The number of benzene rings is 1. The first-order valence-corrected chi connectivity index (χ1v) is 8.13. The summed E-state index contributed by atoms with van der Waals surface area (Å²) < 4.78 is 18.7. The average molecular weight is 332 g/mol. The molecule has 1 aliphatic rings. The Balaban J connectivity index is 1.87. The van der Waals surface area contributed by atoms with Crippen LogP contribution in [0.3, 0.4) is 0 Å². The molecule has 1 amide bonds. The van der Waals surface area contributed by atoms with Gasteiger partial charge in [-0.1, -0.05) is 13.0 Å². The lowest BCUT2D eigenvalue weighted by Gasteiger charge is -2.37. The lowest BCUT2D eigenvalue weighted by Crippen LogP contribution is -2.56. The zero-order valence-electron chi connectivity index (χ0n) is 13.8. The van der Waals surface area contributed by atoms with Gasteiger partial charge in [0.1, 0.15) is 17.1 Å². The highest BCUT2D eigenvalue weighted by molar-refractivity contribution is 6.00. The van der Waals surface area contributed by atoms with E-state index in [2.05, 4.69) is 17.2 Å². The summed E-state index contributed by atoms with van der Waals surface area (Å²) in [4.78, 5) is 27.8. The van der Waals surface area contributed by atoms with Crippen LogP contribution in [0.4, 0.5) is 4.39 Å². The summed E-state index contributed by atoms with van der Waals surface area (Å²) in [7, 11) is 1.33. The third kappa shape index (κ3) is 2.88. The van der Waals surface area contributed by atoms with E-state index >= 15 is 0 Å². The van der Waals surface area contributed by atoms with Crippen LogP contribution in [0.25, 0.3) is 10.9 Å². The van der Waals surface area contributed by atoms with E-state index in [1.165, 1.54) is 19.2 Å². The molecule has 0 radical (unpaired) electrons. The van der Waals surface area contributed by atoms with Crippen molar-refractivity contribution in [2.75, 3.05) is 7.11 Å². The second-order valence-electron chi connectivity index (χ2n) is 6.59. The van der Waals surface area contributed by atoms with Crippen molar-refractivity contribution in [2.24, 2.45) is 5.92 Å². The lowest BCUT2D eigenvalue weighted by molar-refractivity contribution is -0.150. The molecule has 0 saturated heterocycles. The van der Waals surface area contributed by atoms with Gasteiger partial charge >= 0.3 is 5.97 Å². The molecule has 1 heterocycles. The van der Waals surface area contributed by atoms with Crippen LogP contribution < -0.4 is 5.32 Å². The average Bonchev–Trinajstić information content (AvgIpc) is 3.02. The molecule has 2 N–H and O–H groups in total. The number of hydrogen-bond donors (Lipinski definition) is 2. The predicted molar refractivity (Wildman–Crippen MR) is 88.1 cm³/mol. The summed E-state index contributed by atoms with van der Waals surface area (Å²) in [6, 6.07) is 6.09. The van der Waals surface area contributed by atoms with Gasteiger partial charge < -0.3 is 15.0 Å². The zero-order chi connectivity index (χ0) is 17.3. The topological polar surface area (TPSA) is 71.2 Å². The Hall–Kier alpha value is -2.37. The smallest absolute Gasteiger partial charge is 0.331 e. The maximum absolute atomic E-state index is 13.8. The number of esters is 1. The number of H-pyrrole nitrogens is 1. The Morgan fingerprint density at radius 3 is 2.67 bits per heavy atom. The molecule has 1 fully saturated rings. The van der Waals surface area contributed by atoms with Crippen molar-refractivity contribution in [3.63, 3.8) is 0 Å². The normalized spacial score (nSPS) is 23.9. The second kappa shape index (κ2) is 6.26. The summed E-state index contributed by atoms with van der Waals surface area (Å²) in [5, 5.41) is 3.19. The van der Waals surface area contributed by atoms with Crippen LogP contribution in [-0.2, 0) is 9.53 Å². The van der Waals surface area contributed by atoms with Gasteiger partial charge in [-0.05, 0) is 49.8 Å². The number of carbonyl (C=O) groups excluding carboxylic acids is 2. The summed E-state index contributed by atoms with van der Waals surface area (Å²) >= 11 is 0. The maximum atomic E-state index is 13.8. The molecule has 2 aromatic rings. The number of methoxy groups -OCH3 is 1. The van der Waals surface area contributed by atoms with E-state index in [9.17, 15) is 14.0 Å². The van der Waals surface area contributed by atoms with Crippen LogP contribution in [0.2, 0.25) is 0 Å². The molecular weight excluding hydrogens is 311 g/mol. The minimum atomic E-state index is -1.01. The summed E-state index contributed by atoms with van der Waals surface area (Å²) in [6.07, 6.45) is 2.77. The first kappa shape index (κ1) is 16.5. The van der Waals surface area contributed by atoms with E-state index in [4.69, 9.17) is 4.74 Å². The van der Waals surface area contributed by atoms with Gasteiger partial charge in [-0.25, -0.2) is 9.18 Å². The molecule has 5 nitrogen and oxygen atoms in total. The summed E-state index contributed by atoms with van der Waals surface area (Å²) in [5.74, 6) is -0.727. The van der Waals surface area contributed by atoms with E-state index in [1.807, 2.05) is 0 Å². The molecule has 1 saturated carbocycles. The fourth-order valence-corrected chi connectivity index (χ4v) is 3.36. The molecule has 128 valence electrons. The molecule has 3 rings (SSSR count). The Bertz CT molecular complexity index is 776. The Morgan fingerprint density at radius 2 is 2.04 bits per heavy atom. The van der Waals surface area contributed by atoms with Crippen molar-refractivity contribution in [1.29, 1.82) is 0 Å². The van der Waals surface area contributed by atoms with Crippen LogP contribution in [-0.4, -0.2) is 29.5 Å². The number of amides is 1. The van der Waals surface area contributed by atoms with E-state index < -0.39 is 23.2 Å². The fourth-order valence-electron chi connectivity index (χ4n) is 3.36. The summed E-state index contributed by atoms with van der Waals surface area (Å²) in [5.41, 5.74) is -0.227. The van der Waals surface area contributed by atoms with Crippen LogP contribution in [0.5, 0.6) is 0 Å². The first-order valence-electron chi connectivity index (χ1n) is 8.13. The Morgan fingerprint density at radius 1 is 1.33 bits per heavy atom. The number of carbonyl (C=O) groups is 2. The van der Waals surface area contributed by atoms with Gasteiger partial charge in [0.05, 0.1) is 7.11 Å². The van der Waals surface area contributed by atoms with Crippen molar-refractivity contribution in [3.8, 4) is 0 Å². The largest absolute Gasteiger partial charge is 0.467 e. The van der Waals surface area contributed by atoms with Crippen molar-refractivity contribution in [2.45, 2.75) is 38.1 Å². The number of rotatable bonds is 3. The Kier molecular flexibility index (Phi) is 4.30. The van der Waals surface area contributed by atoms with E-state index in [-0.39, 0.29) is 5.69 Å². The monoisotopic (exact) mass is 332 g/mol. The molecule has 1 aliphatic carbocycles. The van der Waals surface area contributed by atoms with Crippen LogP contribution in [0.15, 0.2) is 24.3 Å². The van der Waals surface area contributed by atoms with Gasteiger partial charge in [-0.3, -0.25) is 4.79 Å². The van der Waals surface area contributed by atoms with Crippen molar-refractivity contribution < 1.29 is 18.7 Å². The number of aromatic amines is 1. The van der Waals surface area contributed by atoms with Crippen LogP contribution >= 0.6 is 0 Å². The standard InChI is InChI=1S/C18H21FN2O3/c1-11-6-8-18(9-7-11,17(23)24-2)21-16(22)15-10-12-13(19)4-3-5-14(12)20-15/h3-5,10-11,20H,6-9H2,1-2H3,(H,21,22). The van der Waals surface area contributed by atoms with Gasteiger partial charge in [0.25, 0.3) is 5.91 Å². The van der Waals surface area contributed by atoms with Gasteiger partial charge in [-0.2, -0.15) is 0 Å². The third-order valence-corrected chi connectivity index (χ3v) is 4.91. The van der Waals surface area contributed by atoms with Gasteiger partial charge in [0.2, 0.25) is 0 Å². The number of ether oxygens (including phenoxy) is 1. The molecule has 0 atom stereocenters. The highest BCUT2D eigenvalue weighted by Crippen LogP contribution is 2.33. The van der Waals surface area contributed by atoms with Gasteiger partial charge in [0, 0.05) is 10.9 Å². The molecule has 1 aromatic heterocycles. The van der Waals surface area contributed by atoms with Crippen molar-refractivity contribution in [3.05, 3.63) is 35.8 Å². The molecule has 0 unspecified atom stereocenters. The van der Waals surface area contributed by atoms with Gasteiger partial charge in [0.15, 0.2) is 0 Å². The SMILES string of the molecule is COC(=O)C1(NC(=O)c2cc3c(F)cccc3[nH]2)CCC(C)CC1. The van der Waals surface area contributed by atoms with E-state index in [0.717, 1.165) is 12.8 Å². The lowest BCUT2D eigenvalue weighted by atomic mass is 9.77. The summed E-state index contributed by atoms with van der Waals surface area (Å²) in [6.45, 7) is 2.13. The van der Waals surface area contributed by atoms with Crippen molar-refractivity contribution in [1.82, 2.24) is 10.3 Å². The van der Waals surface area contributed by atoms with Crippen molar-refractivity contribution >= 4 is 22.8 Å². The highest BCUT2D eigenvalue weighted by atomic mass is 19.1. The molecular formula is C18H21FN2O3. The highest BCUT2D eigenvalue weighted by Gasteiger charge is 2.43. The molecule has 0 bridgehead atoms. The van der Waals surface area contributed by atoms with E-state index in [0.29, 0.717) is 29.7 Å². The first-order chi connectivity index (χ1) is 11.4. The van der Waals surface area contributed by atoms with Crippen LogP contribution in [0.1, 0.15) is 43.1 Å². The fraction of sp³-hybridized carbons (Fsp3) is 0.444. The number of nitrogens with one attached hydrogen (secondary N) is 2. The third-order valence-electron chi connectivity index (χ3n) is 4.91. The van der Waals surface area contributed by atoms with E-state index in [1.54, 1.807) is 12.1 Å². The molecule has 24 heavy (non-hydrogen) atoms. The predicted octanol–water partition coefficient (Wildman–Crippen LogP) is 3.16. The Labute approximate surface area is 139 Å². The number of fused-ring (bicyclic) bond motifs is 1. The quantitative estimate of drug-likeness (QED) is 0.848. The second-order valence-corrected chi connectivity index (χ2v) is 6.59. The van der Waals surface area contributed by atoms with Gasteiger partial charge in [-0.15, -0.1) is 0 Å². The minimum absolute atomic E-state index is 0.233. The molecule has 6 heteroatoms. The zero-order valence-corrected chi connectivity index (χ0v) is 13.8.